The number of imidazole rings is 1. The molecule has 0 unspecified atom stereocenters. The van der Waals surface area contributed by atoms with Gasteiger partial charge < -0.3 is 14.7 Å². The van der Waals surface area contributed by atoms with Gasteiger partial charge in [0.25, 0.3) is 0 Å². The molecule has 0 atom stereocenters. The van der Waals surface area contributed by atoms with Gasteiger partial charge in [0.15, 0.2) is 5.58 Å². The van der Waals surface area contributed by atoms with Crippen molar-refractivity contribution in [2.24, 2.45) is 7.05 Å². The van der Waals surface area contributed by atoms with E-state index < -0.39 is 0 Å². The smallest absolute Gasteiger partial charge is 0.247 e. The van der Waals surface area contributed by atoms with Crippen molar-refractivity contribution in [2.75, 3.05) is 5.73 Å². The first-order chi connectivity index (χ1) is 7.72. The molecular weight excluding hydrogens is 204 g/mol. The van der Waals surface area contributed by atoms with Crippen LogP contribution in [0.5, 0.6) is 0 Å². The topological polar surface area (TPSA) is 69.9 Å². The first-order valence-corrected chi connectivity index (χ1v) is 4.87. The third kappa shape index (κ3) is 1.33. The molecule has 80 valence electrons. The van der Waals surface area contributed by atoms with Crippen LogP contribution in [0.1, 0.15) is 0 Å². The highest BCUT2D eigenvalue weighted by molar-refractivity contribution is 5.78. The van der Waals surface area contributed by atoms with Crippen molar-refractivity contribution in [3.63, 3.8) is 0 Å². The van der Waals surface area contributed by atoms with Crippen LogP contribution in [0.15, 0.2) is 35.1 Å². The highest BCUT2D eigenvalue weighted by Crippen LogP contribution is 2.23. The first kappa shape index (κ1) is 8.96. The highest BCUT2D eigenvalue weighted by Gasteiger charge is 2.10. The summed E-state index contributed by atoms with van der Waals surface area (Å²) in [6.45, 7) is 0. The maximum absolute atomic E-state index is 5.67. The predicted molar refractivity (Wildman–Crippen MR) is 60.6 cm³/mol. The number of benzene rings is 1. The van der Waals surface area contributed by atoms with Crippen LogP contribution in [0.3, 0.4) is 0 Å². The van der Waals surface area contributed by atoms with Crippen molar-refractivity contribution in [1.82, 2.24) is 14.5 Å². The van der Waals surface area contributed by atoms with Gasteiger partial charge in [0.2, 0.25) is 5.89 Å². The molecule has 1 aromatic carbocycles. The molecule has 0 aliphatic rings. The lowest BCUT2D eigenvalue weighted by molar-refractivity contribution is 0.617. The van der Waals surface area contributed by atoms with E-state index in [4.69, 9.17) is 10.2 Å². The molecule has 3 aromatic rings. The largest absolute Gasteiger partial charge is 0.435 e. The average Bonchev–Trinajstić information content (AvgIpc) is 2.83. The summed E-state index contributed by atoms with van der Waals surface area (Å²) < 4.78 is 7.43. The number of nitrogens with two attached hydrogens (primary N) is 1. The SMILES string of the molecule is Cn1cnc(-c2nc3cc(N)ccc3o2)c1. The number of nitrogens with zero attached hydrogens (tertiary/aromatic N) is 3. The zero-order valence-electron chi connectivity index (χ0n) is 8.71. The summed E-state index contributed by atoms with van der Waals surface area (Å²) in [5, 5.41) is 0. The van der Waals surface area contributed by atoms with Crippen LogP contribution in [-0.2, 0) is 7.05 Å². The molecule has 5 heteroatoms. The monoisotopic (exact) mass is 214 g/mol. The fourth-order valence-electron chi connectivity index (χ4n) is 1.58. The Bertz CT molecular complexity index is 653. The molecule has 0 spiro atoms. The molecule has 16 heavy (non-hydrogen) atoms. The summed E-state index contributed by atoms with van der Waals surface area (Å²) in [6, 6.07) is 5.38. The third-order valence-electron chi connectivity index (χ3n) is 2.34. The zero-order chi connectivity index (χ0) is 11.1. The van der Waals surface area contributed by atoms with Crippen LogP contribution in [0.4, 0.5) is 5.69 Å². The molecular formula is C11H10N4O. The van der Waals surface area contributed by atoms with Crippen LogP contribution in [0, 0.1) is 0 Å². The van der Waals surface area contributed by atoms with Gasteiger partial charge in [-0.2, -0.15) is 0 Å². The Morgan fingerprint density at radius 3 is 3.00 bits per heavy atom. The predicted octanol–water partition coefficient (Wildman–Crippen LogP) is 1.81. The molecule has 2 heterocycles. The Morgan fingerprint density at radius 2 is 2.25 bits per heavy atom. The molecule has 2 aromatic heterocycles. The van der Waals surface area contributed by atoms with E-state index in [-0.39, 0.29) is 0 Å². The van der Waals surface area contributed by atoms with Crippen LogP contribution in [0.2, 0.25) is 0 Å². The van der Waals surface area contributed by atoms with Crippen molar-refractivity contribution < 1.29 is 4.42 Å². The van der Waals surface area contributed by atoms with E-state index in [2.05, 4.69) is 9.97 Å². The number of oxazole rings is 1. The number of anilines is 1. The van der Waals surface area contributed by atoms with Crippen LogP contribution in [0.25, 0.3) is 22.7 Å². The Kier molecular flexibility index (Phi) is 1.73. The summed E-state index contributed by atoms with van der Waals surface area (Å²) in [5.74, 6) is 0.515. The molecule has 0 aliphatic heterocycles. The van der Waals surface area contributed by atoms with E-state index in [1.54, 1.807) is 18.5 Å². The molecule has 0 bridgehead atoms. The van der Waals surface area contributed by atoms with E-state index in [9.17, 15) is 0 Å². The molecule has 0 aliphatic carbocycles. The highest BCUT2D eigenvalue weighted by atomic mass is 16.3. The maximum Gasteiger partial charge on any atom is 0.247 e. The van der Waals surface area contributed by atoms with Gasteiger partial charge in [-0.25, -0.2) is 9.97 Å². The van der Waals surface area contributed by atoms with Gasteiger partial charge in [0, 0.05) is 18.9 Å². The summed E-state index contributed by atoms with van der Waals surface area (Å²) in [7, 11) is 1.90. The first-order valence-electron chi connectivity index (χ1n) is 4.87. The summed E-state index contributed by atoms with van der Waals surface area (Å²) in [5.41, 5.74) is 8.54. The second kappa shape index (κ2) is 3.10. The fraction of sp³-hybridized carbons (Fsp3) is 0.0909. The Labute approximate surface area is 91.5 Å². The number of fused-ring (bicyclic) bond motifs is 1. The molecule has 5 nitrogen and oxygen atoms in total. The second-order valence-corrected chi connectivity index (χ2v) is 3.67. The minimum absolute atomic E-state index is 0.515. The summed E-state index contributed by atoms with van der Waals surface area (Å²) in [6.07, 6.45) is 3.56. The standard InChI is InChI=1S/C11H10N4O/c1-15-5-9(13-6-15)11-14-8-4-7(12)2-3-10(8)16-11/h2-6H,12H2,1H3. The quantitative estimate of drug-likeness (QED) is 0.627. The number of aromatic nitrogens is 3. The molecule has 3 rings (SSSR count). The van der Waals surface area contributed by atoms with Crippen molar-refractivity contribution >= 4 is 16.8 Å². The third-order valence-corrected chi connectivity index (χ3v) is 2.34. The van der Waals surface area contributed by atoms with Crippen molar-refractivity contribution in [1.29, 1.82) is 0 Å². The molecule has 0 saturated carbocycles. The Hall–Kier alpha value is -2.30. The molecule has 0 fully saturated rings. The fourth-order valence-corrected chi connectivity index (χ4v) is 1.58. The normalized spacial score (nSPS) is 11.1. The molecule has 0 amide bonds. The van der Waals surface area contributed by atoms with Crippen LogP contribution < -0.4 is 5.73 Å². The van der Waals surface area contributed by atoms with Gasteiger partial charge in [-0.1, -0.05) is 0 Å². The Balaban J connectivity index is 2.18. The second-order valence-electron chi connectivity index (χ2n) is 3.67. The number of nitrogen functional groups attached to an aromatic ring is 1. The number of hydrogen-bond donors (Lipinski definition) is 1. The van der Waals surface area contributed by atoms with Gasteiger partial charge in [-0.3, -0.25) is 0 Å². The van der Waals surface area contributed by atoms with Crippen LogP contribution in [-0.4, -0.2) is 14.5 Å². The van der Waals surface area contributed by atoms with Gasteiger partial charge in [0.1, 0.15) is 11.2 Å². The van der Waals surface area contributed by atoms with Gasteiger partial charge in [0.05, 0.1) is 6.33 Å². The van der Waals surface area contributed by atoms with Gasteiger partial charge in [-0.05, 0) is 18.2 Å². The summed E-state index contributed by atoms with van der Waals surface area (Å²) in [4.78, 5) is 8.51. The Morgan fingerprint density at radius 1 is 1.38 bits per heavy atom. The minimum atomic E-state index is 0.515. The van der Waals surface area contributed by atoms with Gasteiger partial charge >= 0.3 is 0 Å². The zero-order valence-corrected chi connectivity index (χ0v) is 8.71. The maximum atomic E-state index is 5.67. The van der Waals surface area contributed by atoms with E-state index in [0.29, 0.717) is 11.6 Å². The van der Waals surface area contributed by atoms with E-state index >= 15 is 0 Å². The molecule has 0 saturated heterocycles. The van der Waals surface area contributed by atoms with E-state index in [0.717, 1.165) is 16.8 Å². The number of rotatable bonds is 1. The van der Waals surface area contributed by atoms with Crippen molar-refractivity contribution in [2.45, 2.75) is 0 Å². The number of hydrogen-bond acceptors (Lipinski definition) is 4. The average molecular weight is 214 g/mol. The lowest BCUT2D eigenvalue weighted by Crippen LogP contribution is -1.82. The number of aryl methyl sites for hydroxylation is 1. The molecule has 0 radical (unpaired) electrons. The van der Waals surface area contributed by atoms with E-state index in [1.807, 2.05) is 23.9 Å². The van der Waals surface area contributed by atoms with Gasteiger partial charge in [-0.15, -0.1) is 0 Å². The summed E-state index contributed by atoms with van der Waals surface area (Å²) >= 11 is 0. The van der Waals surface area contributed by atoms with Crippen molar-refractivity contribution in [3.05, 3.63) is 30.7 Å². The minimum Gasteiger partial charge on any atom is -0.435 e. The van der Waals surface area contributed by atoms with Crippen LogP contribution >= 0.6 is 0 Å². The lowest BCUT2D eigenvalue weighted by Gasteiger charge is -1.88. The van der Waals surface area contributed by atoms with Crippen molar-refractivity contribution in [3.8, 4) is 11.6 Å². The van der Waals surface area contributed by atoms with E-state index in [1.165, 1.54) is 0 Å². The molecule has 2 N–H and O–H groups in total. The lowest BCUT2D eigenvalue weighted by atomic mass is 10.3.